The van der Waals surface area contributed by atoms with Crippen molar-refractivity contribution in [3.05, 3.63) is 114 Å². The summed E-state index contributed by atoms with van der Waals surface area (Å²) in [5.41, 5.74) is 11.7. The lowest BCUT2D eigenvalue weighted by molar-refractivity contribution is 1.37. The summed E-state index contributed by atoms with van der Waals surface area (Å²) in [4.78, 5) is 0. The van der Waals surface area contributed by atoms with E-state index in [2.05, 4.69) is 121 Å². The van der Waals surface area contributed by atoms with Crippen molar-refractivity contribution < 1.29 is 0 Å². The Labute approximate surface area is 192 Å². The van der Waals surface area contributed by atoms with Gasteiger partial charge in [-0.15, -0.1) is 0 Å². The quantitative estimate of drug-likeness (QED) is 0.263. The number of benzene rings is 5. The molecule has 0 fully saturated rings. The highest BCUT2D eigenvalue weighted by Gasteiger charge is 2.17. The fourth-order valence-corrected chi connectivity index (χ4v) is 5.74. The lowest BCUT2D eigenvalue weighted by Crippen LogP contribution is -1.88. The van der Waals surface area contributed by atoms with E-state index >= 15 is 0 Å². The summed E-state index contributed by atoms with van der Waals surface area (Å²) in [6.45, 7) is 4.40. The minimum absolute atomic E-state index is 1.26. The molecule has 33 heavy (non-hydrogen) atoms. The monoisotopic (exact) mass is 421 g/mol. The first-order chi connectivity index (χ1) is 16.2. The molecule has 156 valence electrons. The second-order valence-corrected chi connectivity index (χ2v) is 9.13. The van der Waals surface area contributed by atoms with E-state index in [-0.39, 0.29) is 0 Å². The molecule has 0 amide bonds. The maximum atomic E-state index is 2.44. The lowest BCUT2D eigenvalue weighted by Gasteiger charge is -2.12. The molecule has 1 heteroatoms. The zero-order valence-electron chi connectivity index (χ0n) is 18.8. The molecule has 0 aliphatic heterocycles. The molecule has 0 atom stereocenters. The second-order valence-electron chi connectivity index (χ2n) is 9.13. The largest absolute Gasteiger partial charge is 0.308 e. The van der Waals surface area contributed by atoms with E-state index in [1.807, 2.05) is 0 Å². The molecule has 0 aliphatic carbocycles. The molecule has 0 spiro atoms. The normalized spacial score (nSPS) is 11.9. The molecule has 0 unspecified atom stereocenters. The second kappa shape index (κ2) is 6.70. The van der Waals surface area contributed by atoms with Crippen LogP contribution in [0.2, 0.25) is 0 Å². The van der Waals surface area contributed by atoms with Gasteiger partial charge in [0.05, 0.1) is 16.6 Å². The average Bonchev–Trinajstić information content (AvgIpc) is 3.36. The summed E-state index contributed by atoms with van der Waals surface area (Å²) in [5.74, 6) is 0. The summed E-state index contributed by atoms with van der Waals surface area (Å²) in [5, 5.41) is 5.30. The summed E-state index contributed by atoms with van der Waals surface area (Å²) >= 11 is 0. The van der Waals surface area contributed by atoms with Crippen molar-refractivity contribution >= 4 is 38.1 Å². The number of hydrogen-bond acceptors (Lipinski definition) is 0. The van der Waals surface area contributed by atoms with Gasteiger partial charge in [0.25, 0.3) is 0 Å². The number of aryl methyl sites for hydroxylation is 2. The van der Waals surface area contributed by atoms with Crippen LogP contribution >= 0.6 is 0 Å². The van der Waals surface area contributed by atoms with Crippen LogP contribution in [0.15, 0.2) is 103 Å². The molecule has 7 rings (SSSR count). The fraction of sp³-hybridized carbons (Fsp3) is 0.0625. The Hall–Kier alpha value is -4.10. The fourth-order valence-electron chi connectivity index (χ4n) is 5.74. The molecule has 0 N–H and O–H groups in total. The Bertz CT molecular complexity index is 1810. The smallest absolute Gasteiger partial charge is 0.0620 e. The third-order valence-corrected chi connectivity index (χ3v) is 7.19. The van der Waals surface area contributed by atoms with E-state index in [1.165, 1.54) is 71.5 Å². The number of rotatable bonds is 2. The highest BCUT2D eigenvalue weighted by atomic mass is 14.9. The van der Waals surface area contributed by atoms with Gasteiger partial charge in [-0.1, -0.05) is 78.9 Å². The Morgan fingerprint density at radius 3 is 1.91 bits per heavy atom. The van der Waals surface area contributed by atoms with Crippen molar-refractivity contribution in [2.45, 2.75) is 13.8 Å². The Kier molecular flexibility index (Phi) is 3.75. The molecule has 0 saturated carbocycles. The maximum Gasteiger partial charge on any atom is 0.0620 e. The van der Waals surface area contributed by atoms with Gasteiger partial charge in [-0.3, -0.25) is 0 Å². The van der Waals surface area contributed by atoms with Gasteiger partial charge in [-0.05, 0) is 71.5 Å². The number of nitrogens with zero attached hydrogens (tertiary/aromatic N) is 1. The first-order valence-corrected chi connectivity index (χ1v) is 11.5. The summed E-state index contributed by atoms with van der Waals surface area (Å²) < 4.78 is 2.44. The first-order valence-electron chi connectivity index (χ1n) is 11.5. The predicted octanol–water partition coefficient (Wildman–Crippen LogP) is 8.79. The van der Waals surface area contributed by atoms with Gasteiger partial charge in [-0.25, -0.2) is 0 Å². The molecule has 1 nitrogen and oxygen atoms in total. The topological polar surface area (TPSA) is 4.41 Å². The molecule has 5 aromatic carbocycles. The summed E-state index contributed by atoms with van der Waals surface area (Å²) in [6, 6.07) is 37.9. The molecule has 0 radical (unpaired) electrons. The summed E-state index contributed by atoms with van der Waals surface area (Å²) in [6.07, 6.45) is 0. The number of hydrogen-bond donors (Lipinski definition) is 0. The van der Waals surface area contributed by atoms with Gasteiger partial charge in [0, 0.05) is 21.5 Å². The molecule has 0 bridgehead atoms. The predicted molar refractivity (Wildman–Crippen MR) is 141 cm³/mol. The van der Waals surface area contributed by atoms with Crippen LogP contribution in [0.1, 0.15) is 11.1 Å². The number of para-hydroxylation sites is 2. The van der Waals surface area contributed by atoms with Crippen LogP contribution < -0.4 is 0 Å². The van der Waals surface area contributed by atoms with E-state index in [9.17, 15) is 0 Å². The highest BCUT2D eigenvalue weighted by molar-refractivity contribution is 6.23. The first kappa shape index (κ1) is 18.5. The van der Waals surface area contributed by atoms with Crippen LogP contribution in [0.3, 0.4) is 0 Å². The SMILES string of the molecule is Cc1cccc(C)c1-c1cccc(-c2ccc3c(c2)c2cccc4c5ccccc5n3c42)c1. The lowest BCUT2D eigenvalue weighted by atomic mass is 9.93. The van der Waals surface area contributed by atoms with Crippen LogP contribution in [-0.4, -0.2) is 4.40 Å². The van der Waals surface area contributed by atoms with E-state index in [1.54, 1.807) is 0 Å². The molecule has 0 saturated heterocycles. The molecule has 2 heterocycles. The number of aromatic nitrogens is 1. The van der Waals surface area contributed by atoms with E-state index in [4.69, 9.17) is 0 Å². The van der Waals surface area contributed by atoms with Crippen LogP contribution in [0.25, 0.3) is 60.3 Å². The summed E-state index contributed by atoms with van der Waals surface area (Å²) in [7, 11) is 0. The minimum Gasteiger partial charge on any atom is -0.308 e. The average molecular weight is 422 g/mol. The molecule has 0 aliphatic rings. The van der Waals surface area contributed by atoms with Gasteiger partial charge in [-0.2, -0.15) is 0 Å². The van der Waals surface area contributed by atoms with Crippen LogP contribution in [0.5, 0.6) is 0 Å². The van der Waals surface area contributed by atoms with E-state index in [0.29, 0.717) is 0 Å². The minimum atomic E-state index is 1.26. The van der Waals surface area contributed by atoms with Crippen LogP contribution in [0.4, 0.5) is 0 Å². The number of fused-ring (bicyclic) bond motifs is 6. The van der Waals surface area contributed by atoms with E-state index < -0.39 is 0 Å². The molecular formula is C32H23N. The highest BCUT2D eigenvalue weighted by Crippen LogP contribution is 2.40. The zero-order valence-corrected chi connectivity index (χ0v) is 18.8. The third-order valence-electron chi connectivity index (χ3n) is 7.19. The Morgan fingerprint density at radius 2 is 1.06 bits per heavy atom. The van der Waals surface area contributed by atoms with Crippen LogP contribution in [-0.2, 0) is 0 Å². The van der Waals surface area contributed by atoms with Crippen molar-refractivity contribution in [1.29, 1.82) is 0 Å². The van der Waals surface area contributed by atoms with Crippen molar-refractivity contribution in [3.8, 4) is 22.3 Å². The van der Waals surface area contributed by atoms with Gasteiger partial charge in [0.15, 0.2) is 0 Å². The van der Waals surface area contributed by atoms with Gasteiger partial charge >= 0.3 is 0 Å². The third kappa shape index (κ3) is 2.54. The zero-order chi connectivity index (χ0) is 22.1. The standard InChI is InChI=1S/C32H23N/c1-20-8-5-9-21(2)31(20)24-11-6-10-22(18-24)23-16-17-30-28(19-23)27-14-7-13-26-25-12-3-4-15-29(25)33(30)32(26)27/h3-19H,1-2H3. The van der Waals surface area contributed by atoms with Crippen molar-refractivity contribution in [3.63, 3.8) is 0 Å². The van der Waals surface area contributed by atoms with Crippen molar-refractivity contribution in [1.82, 2.24) is 4.40 Å². The van der Waals surface area contributed by atoms with Crippen LogP contribution in [0, 0.1) is 13.8 Å². The van der Waals surface area contributed by atoms with Gasteiger partial charge < -0.3 is 4.40 Å². The molecule has 2 aromatic heterocycles. The van der Waals surface area contributed by atoms with Gasteiger partial charge in [0.2, 0.25) is 0 Å². The Morgan fingerprint density at radius 1 is 0.455 bits per heavy atom. The molecule has 7 aromatic rings. The maximum absolute atomic E-state index is 2.44. The van der Waals surface area contributed by atoms with Gasteiger partial charge in [0.1, 0.15) is 0 Å². The van der Waals surface area contributed by atoms with E-state index in [0.717, 1.165) is 0 Å². The Balaban J connectivity index is 1.48. The van der Waals surface area contributed by atoms with Crippen molar-refractivity contribution in [2.24, 2.45) is 0 Å². The molecular weight excluding hydrogens is 398 g/mol. The van der Waals surface area contributed by atoms with Crippen molar-refractivity contribution in [2.75, 3.05) is 0 Å².